The second-order valence-electron chi connectivity index (χ2n) is 4.07. The Morgan fingerprint density at radius 3 is 1.87 bits per heavy atom. The number of rotatable bonds is 7. The summed E-state index contributed by atoms with van der Waals surface area (Å²) in [5.41, 5.74) is 2.99. The number of benzene rings is 1. The van der Waals surface area contributed by atoms with E-state index in [0.717, 1.165) is 0 Å². The highest BCUT2D eigenvalue weighted by atomic mass is 127. The van der Waals surface area contributed by atoms with Crippen LogP contribution in [0, 0.1) is 0 Å². The molecule has 0 radical (unpaired) electrons. The van der Waals surface area contributed by atoms with Gasteiger partial charge in [-0.3, -0.25) is 0 Å². The number of hydrogen-bond donors (Lipinski definition) is 0. The molecule has 0 unspecified atom stereocenters. The molecule has 0 saturated carbocycles. The van der Waals surface area contributed by atoms with Crippen molar-refractivity contribution in [1.29, 1.82) is 0 Å². The lowest BCUT2D eigenvalue weighted by Gasteiger charge is -2.03. The van der Waals surface area contributed by atoms with Gasteiger partial charge in [0.25, 0.3) is 0 Å². The van der Waals surface area contributed by atoms with Crippen molar-refractivity contribution in [3.05, 3.63) is 35.4 Å². The molecule has 0 nitrogen and oxygen atoms in total. The van der Waals surface area contributed by atoms with Gasteiger partial charge in [-0.1, -0.05) is 60.2 Å². The number of unbranched alkanes of at least 4 members (excludes halogenated alkanes) is 2. The van der Waals surface area contributed by atoms with Gasteiger partial charge in [0.2, 0.25) is 0 Å². The highest BCUT2D eigenvalue weighted by Crippen LogP contribution is 2.10. The van der Waals surface area contributed by atoms with Gasteiger partial charge in [-0.25, -0.2) is 0 Å². The van der Waals surface area contributed by atoms with E-state index in [0.29, 0.717) is 0 Å². The minimum atomic E-state index is 1.24. The van der Waals surface area contributed by atoms with Crippen LogP contribution in [0.5, 0.6) is 0 Å². The Morgan fingerprint density at radius 2 is 1.40 bits per heavy atom. The Labute approximate surface area is 108 Å². The van der Waals surface area contributed by atoms with Crippen LogP contribution in [0.4, 0.5) is 0 Å². The molecule has 0 saturated heterocycles. The van der Waals surface area contributed by atoms with E-state index < -0.39 is 0 Å². The first-order valence-electron chi connectivity index (χ1n) is 6.00. The van der Waals surface area contributed by atoms with Crippen molar-refractivity contribution in [2.45, 2.75) is 45.4 Å². The van der Waals surface area contributed by atoms with E-state index in [4.69, 9.17) is 0 Å². The molecular formula is C14H21I. The van der Waals surface area contributed by atoms with Crippen molar-refractivity contribution in [2.24, 2.45) is 0 Å². The average molecular weight is 316 g/mol. The molecule has 0 spiro atoms. The molecular weight excluding hydrogens is 295 g/mol. The lowest BCUT2D eigenvalue weighted by Crippen LogP contribution is -1.89. The molecule has 1 aromatic carbocycles. The molecule has 15 heavy (non-hydrogen) atoms. The second-order valence-corrected chi connectivity index (χ2v) is 5.14. The number of hydrogen-bond acceptors (Lipinski definition) is 0. The number of alkyl halides is 1. The van der Waals surface area contributed by atoms with E-state index in [1.807, 2.05) is 0 Å². The van der Waals surface area contributed by atoms with Crippen molar-refractivity contribution in [2.75, 3.05) is 4.43 Å². The zero-order valence-corrected chi connectivity index (χ0v) is 11.8. The van der Waals surface area contributed by atoms with Gasteiger partial charge in [0.15, 0.2) is 0 Å². The van der Waals surface area contributed by atoms with Gasteiger partial charge >= 0.3 is 0 Å². The Morgan fingerprint density at radius 1 is 0.867 bits per heavy atom. The Kier molecular flexibility index (Phi) is 7.07. The molecule has 1 aromatic rings. The van der Waals surface area contributed by atoms with Gasteiger partial charge in [0.1, 0.15) is 0 Å². The van der Waals surface area contributed by atoms with E-state index in [2.05, 4.69) is 53.8 Å². The summed E-state index contributed by atoms with van der Waals surface area (Å²) >= 11 is 2.45. The minimum absolute atomic E-state index is 1.24. The van der Waals surface area contributed by atoms with E-state index >= 15 is 0 Å². The van der Waals surface area contributed by atoms with Gasteiger partial charge in [0, 0.05) is 0 Å². The van der Waals surface area contributed by atoms with Crippen molar-refractivity contribution >= 4 is 22.6 Å². The summed E-state index contributed by atoms with van der Waals surface area (Å²) < 4.78 is 1.28. The van der Waals surface area contributed by atoms with Gasteiger partial charge in [-0.05, 0) is 47.7 Å². The molecule has 0 bridgehead atoms. The molecule has 1 rings (SSSR count). The molecule has 0 N–H and O–H groups in total. The van der Waals surface area contributed by atoms with Gasteiger partial charge in [0.05, 0.1) is 0 Å². The van der Waals surface area contributed by atoms with Crippen LogP contribution in [-0.4, -0.2) is 4.43 Å². The van der Waals surface area contributed by atoms with Crippen molar-refractivity contribution < 1.29 is 0 Å². The molecule has 1 heteroatoms. The lowest BCUT2D eigenvalue weighted by atomic mass is 10.0. The summed E-state index contributed by atoms with van der Waals surface area (Å²) in [5.74, 6) is 0. The minimum Gasteiger partial charge on any atom is -0.0864 e. The number of halogens is 1. The molecule has 0 heterocycles. The first kappa shape index (κ1) is 13.0. The molecule has 0 aliphatic heterocycles. The maximum absolute atomic E-state index is 2.45. The van der Waals surface area contributed by atoms with Crippen molar-refractivity contribution in [1.82, 2.24) is 0 Å². The molecule has 0 atom stereocenters. The molecule has 0 aromatic heterocycles. The SMILES string of the molecule is CCCCc1ccc(CCCCI)cc1. The molecule has 0 aliphatic carbocycles. The summed E-state index contributed by atoms with van der Waals surface area (Å²) in [4.78, 5) is 0. The smallest absolute Gasteiger partial charge is 0.000461 e. The van der Waals surface area contributed by atoms with Crippen LogP contribution in [0.3, 0.4) is 0 Å². The van der Waals surface area contributed by atoms with Crippen molar-refractivity contribution in [3.63, 3.8) is 0 Å². The molecule has 0 fully saturated rings. The summed E-state index contributed by atoms with van der Waals surface area (Å²) in [6.07, 6.45) is 7.77. The van der Waals surface area contributed by atoms with Crippen LogP contribution in [-0.2, 0) is 12.8 Å². The third-order valence-electron chi connectivity index (χ3n) is 2.69. The summed E-state index contributed by atoms with van der Waals surface area (Å²) in [7, 11) is 0. The lowest BCUT2D eigenvalue weighted by molar-refractivity contribution is 0.790. The van der Waals surface area contributed by atoms with E-state index in [1.54, 1.807) is 0 Å². The highest BCUT2D eigenvalue weighted by Gasteiger charge is 1.95. The first-order chi connectivity index (χ1) is 7.36. The van der Waals surface area contributed by atoms with Crippen LogP contribution in [0.25, 0.3) is 0 Å². The third kappa shape index (κ3) is 5.55. The zero-order valence-electron chi connectivity index (χ0n) is 9.64. The normalized spacial score (nSPS) is 10.5. The van der Waals surface area contributed by atoms with Gasteiger partial charge in [-0.2, -0.15) is 0 Å². The highest BCUT2D eigenvalue weighted by molar-refractivity contribution is 14.1. The van der Waals surface area contributed by atoms with Crippen LogP contribution in [0.2, 0.25) is 0 Å². The molecule has 84 valence electrons. The van der Waals surface area contributed by atoms with Gasteiger partial charge in [-0.15, -0.1) is 0 Å². The molecule has 0 aliphatic rings. The first-order valence-corrected chi connectivity index (χ1v) is 7.53. The fraction of sp³-hybridized carbons (Fsp3) is 0.571. The Hall–Kier alpha value is -0.0500. The van der Waals surface area contributed by atoms with E-state index in [-0.39, 0.29) is 0 Å². The van der Waals surface area contributed by atoms with Crippen LogP contribution in [0.1, 0.15) is 43.7 Å². The largest absolute Gasteiger partial charge is 0.0864 e. The predicted molar refractivity (Wildman–Crippen MR) is 76.9 cm³/mol. The maximum Gasteiger partial charge on any atom is -0.000461 e. The fourth-order valence-corrected chi connectivity index (χ4v) is 2.22. The van der Waals surface area contributed by atoms with Crippen LogP contribution in [0.15, 0.2) is 24.3 Å². The second kappa shape index (κ2) is 8.14. The van der Waals surface area contributed by atoms with E-state index in [1.165, 1.54) is 54.1 Å². The summed E-state index contributed by atoms with van der Waals surface area (Å²) in [6, 6.07) is 9.21. The topological polar surface area (TPSA) is 0 Å². The van der Waals surface area contributed by atoms with Crippen LogP contribution >= 0.6 is 22.6 Å². The quantitative estimate of drug-likeness (QED) is 0.385. The monoisotopic (exact) mass is 316 g/mol. The standard InChI is InChI=1S/C14H21I/c1-2-3-6-13-8-10-14(11-9-13)7-4-5-12-15/h8-11H,2-7,12H2,1H3. The number of aryl methyl sites for hydroxylation is 2. The third-order valence-corrected chi connectivity index (χ3v) is 3.45. The Balaban J connectivity index is 2.35. The van der Waals surface area contributed by atoms with Crippen molar-refractivity contribution in [3.8, 4) is 0 Å². The zero-order chi connectivity index (χ0) is 10.9. The van der Waals surface area contributed by atoms with E-state index in [9.17, 15) is 0 Å². The fourth-order valence-electron chi connectivity index (χ4n) is 1.68. The van der Waals surface area contributed by atoms with Crippen LogP contribution < -0.4 is 0 Å². The Bertz CT molecular complexity index is 251. The average Bonchev–Trinajstić information content (AvgIpc) is 2.28. The maximum atomic E-state index is 2.45. The predicted octanol–water partition coefficient (Wildman–Crippen LogP) is 4.79. The summed E-state index contributed by atoms with van der Waals surface area (Å²) in [6.45, 7) is 2.25. The summed E-state index contributed by atoms with van der Waals surface area (Å²) in [5, 5.41) is 0. The van der Waals surface area contributed by atoms with Gasteiger partial charge < -0.3 is 0 Å². The molecule has 0 amide bonds.